The van der Waals surface area contributed by atoms with Gasteiger partial charge in [-0.2, -0.15) is 0 Å². The van der Waals surface area contributed by atoms with Gasteiger partial charge in [0.05, 0.1) is 6.61 Å². The standard InChI is InChI=1S/C5H11NO2.C5H8O2/c6-5(8)3-1-2-4-7;6-5-3-1-2-4-7-5/h7H,1-4H2,(H2,6,8);1-4H2. The summed E-state index contributed by atoms with van der Waals surface area (Å²) >= 11 is 0. The molecule has 1 fully saturated rings. The first-order valence-electron chi connectivity index (χ1n) is 5.21. The van der Waals surface area contributed by atoms with Crippen LogP contribution in [0.25, 0.3) is 0 Å². The molecule has 0 aromatic rings. The second kappa shape index (κ2) is 9.45. The Bertz CT molecular complexity index is 186. The number of aliphatic hydroxyl groups is 1. The summed E-state index contributed by atoms with van der Waals surface area (Å²) in [6.45, 7) is 0.784. The van der Waals surface area contributed by atoms with Crippen LogP contribution in [0.15, 0.2) is 0 Å². The minimum absolute atomic E-state index is 0.0359. The third-order valence-electron chi connectivity index (χ3n) is 1.87. The van der Waals surface area contributed by atoms with Crippen LogP contribution in [-0.4, -0.2) is 30.2 Å². The lowest BCUT2D eigenvalue weighted by Crippen LogP contribution is -2.10. The van der Waals surface area contributed by atoms with Crippen LogP contribution in [0.1, 0.15) is 38.5 Å². The molecule has 0 unspecified atom stereocenters. The number of esters is 1. The Labute approximate surface area is 89.6 Å². The van der Waals surface area contributed by atoms with Gasteiger partial charge < -0.3 is 15.6 Å². The summed E-state index contributed by atoms with van der Waals surface area (Å²) in [5.74, 6) is -0.329. The summed E-state index contributed by atoms with van der Waals surface area (Å²) in [5.41, 5.74) is 4.81. The molecule has 1 rings (SSSR count). The van der Waals surface area contributed by atoms with E-state index >= 15 is 0 Å². The first kappa shape index (κ1) is 13.9. The second-order valence-electron chi connectivity index (χ2n) is 3.32. The highest BCUT2D eigenvalue weighted by atomic mass is 16.5. The van der Waals surface area contributed by atoms with Crippen molar-refractivity contribution in [3.63, 3.8) is 0 Å². The topological polar surface area (TPSA) is 89.6 Å². The van der Waals surface area contributed by atoms with Crippen molar-refractivity contribution in [2.45, 2.75) is 38.5 Å². The Morgan fingerprint density at radius 2 is 2.13 bits per heavy atom. The van der Waals surface area contributed by atoms with Gasteiger partial charge in [0.2, 0.25) is 5.91 Å². The Morgan fingerprint density at radius 3 is 2.47 bits per heavy atom. The maximum absolute atomic E-state index is 10.2. The Balaban J connectivity index is 0.000000262. The number of carbonyl (C=O) groups is 2. The monoisotopic (exact) mass is 217 g/mol. The molecule has 0 aliphatic carbocycles. The summed E-state index contributed by atoms with van der Waals surface area (Å²) < 4.78 is 4.64. The van der Waals surface area contributed by atoms with Crippen LogP contribution in [-0.2, 0) is 14.3 Å². The van der Waals surface area contributed by atoms with Crippen LogP contribution in [0.2, 0.25) is 0 Å². The zero-order valence-electron chi connectivity index (χ0n) is 8.91. The summed E-state index contributed by atoms with van der Waals surface area (Å²) in [5, 5.41) is 8.23. The lowest BCUT2D eigenvalue weighted by Gasteiger charge is -2.08. The number of hydrogen-bond acceptors (Lipinski definition) is 4. The van der Waals surface area contributed by atoms with Gasteiger partial charge in [0.25, 0.3) is 0 Å². The fourth-order valence-corrected chi connectivity index (χ4v) is 1.04. The molecule has 5 nitrogen and oxygen atoms in total. The van der Waals surface area contributed by atoms with Crippen molar-refractivity contribution in [2.24, 2.45) is 5.73 Å². The molecule has 5 heteroatoms. The molecule has 0 atom stereocenters. The van der Waals surface area contributed by atoms with E-state index in [1.54, 1.807) is 0 Å². The molecule has 0 bridgehead atoms. The summed E-state index contributed by atoms with van der Waals surface area (Å²) in [6.07, 6.45) is 4.44. The predicted octanol–water partition coefficient (Wildman–Crippen LogP) is 0.348. The molecule has 1 aliphatic rings. The van der Waals surface area contributed by atoms with E-state index in [4.69, 9.17) is 10.8 Å². The molecule has 1 saturated heterocycles. The molecular weight excluding hydrogens is 198 g/mol. The molecule has 3 N–H and O–H groups in total. The molecule has 88 valence electrons. The zero-order valence-corrected chi connectivity index (χ0v) is 8.91. The van der Waals surface area contributed by atoms with Crippen molar-refractivity contribution in [1.29, 1.82) is 0 Å². The second-order valence-corrected chi connectivity index (χ2v) is 3.32. The first-order valence-corrected chi connectivity index (χ1v) is 5.21. The first-order chi connectivity index (χ1) is 7.16. The van der Waals surface area contributed by atoms with Crippen molar-refractivity contribution in [1.82, 2.24) is 0 Å². The van der Waals surface area contributed by atoms with Gasteiger partial charge in [-0.05, 0) is 25.7 Å². The van der Waals surface area contributed by atoms with Gasteiger partial charge in [0, 0.05) is 19.4 Å². The van der Waals surface area contributed by atoms with Crippen molar-refractivity contribution in [3.8, 4) is 0 Å². The summed E-state index contributed by atoms with van der Waals surface area (Å²) in [7, 11) is 0. The molecule has 0 spiro atoms. The molecule has 1 amide bonds. The number of nitrogens with two attached hydrogens (primary N) is 1. The van der Waals surface area contributed by atoms with Crippen LogP contribution in [0.4, 0.5) is 0 Å². The van der Waals surface area contributed by atoms with Crippen molar-refractivity contribution in [3.05, 3.63) is 0 Å². The molecular formula is C10H19NO4. The lowest BCUT2D eigenvalue weighted by atomic mass is 10.2. The Kier molecular flexibility index (Phi) is 8.76. The van der Waals surface area contributed by atoms with E-state index in [0.29, 0.717) is 32.3 Å². The van der Waals surface area contributed by atoms with Crippen LogP contribution < -0.4 is 5.73 Å². The highest BCUT2D eigenvalue weighted by Crippen LogP contribution is 2.04. The minimum Gasteiger partial charge on any atom is -0.466 e. The third-order valence-corrected chi connectivity index (χ3v) is 1.87. The van der Waals surface area contributed by atoms with Gasteiger partial charge in [0.15, 0.2) is 0 Å². The highest BCUT2D eigenvalue weighted by molar-refractivity contribution is 5.73. The van der Waals surface area contributed by atoms with Crippen LogP contribution >= 0.6 is 0 Å². The molecule has 15 heavy (non-hydrogen) atoms. The van der Waals surface area contributed by atoms with Gasteiger partial charge in [-0.1, -0.05) is 0 Å². The number of aliphatic hydroxyl groups excluding tert-OH is 1. The van der Waals surface area contributed by atoms with Crippen LogP contribution in [0.3, 0.4) is 0 Å². The van der Waals surface area contributed by atoms with E-state index in [0.717, 1.165) is 12.8 Å². The largest absolute Gasteiger partial charge is 0.466 e. The van der Waals surface area contributed by atoms with E-state index in [1.165, 1.54) is 0 Å². The zero-order chi connectivity index (χ0) is 11.5. The fraction of sp³-hybridized carbons (Fsp3) is 0.800. The molecule has 0 saturated carbocycles. The van der Waals surface area contributed by atoms with Gasteiger partial charge in [-0.25, -0.2) is 0 Å². The maximum Gasteiger partial charge on any atom is 0.305 e. The van der Waals surface area contributed by atoms with Gasteiger partial charge in [-0.3, -0.25) is 9.59 Å². The average Bonchev–Trinajstić information content (AvgIpc) is 2.20. The van der Waals surface area contributed by atoms with Crippen LogP contribution in [0, 0.1) is 0 Å². The number of cyclic esters (lactones) is 1. The number of unbranched alkanes of at least 4 members (excludes halogenated alkanes) is 1. The van der Waals surface area contributed by atoms with Gasteiger partial charge in [-0.15, -0.1) is 0 Å². The number of rotatable bonds is 4. The maximum atomic E-state index is 10.2. The van der Waals surface area contributed by atoms with Crippen LogP contribution in [0.5, 0.6) is 0 Å². The number of ether oxygens (including phenoxy) is 1. The van der Waals surface area contributed by atoms with E-state index < -0.39 is 0 Å². The van der Waals surface area contributed by atoms with E-state index in [2.05, 4.69) is 4.74 Å². The van der Waals surface area contributed by atoms with Crippen molar-refractivity contribution >= 4 is 11.9 Å². The predicted molar refractivity (Wildman–Crippen MR) is 54.9 cm³/mol. The summed E-state index contributed by atoms with van der Waals surface area (Å²) in [6, 6.07) is 0. The van der Waals surface area contributed by atoms with Gasteiger partial charge >= 0.3 is 5.97 Å². The number of primary amides is 1. The Morgan fingerprint density at radius 1 is 1.40 bits per heavy atom. The number of carbonyl (C=O) groups excluding carboxylic acids is 2. The minimum atomic E-state index is -0.293. The third kappa shape index (κ3) is 10.8. The number of hydrogen-bond donors (Lipinski definition) is 2. The SMILES string of the molecule is NC(=O)CCCCO.O=C1CCCCO1. The van der Waals surface area contributed by atoms with E-state index in [-0.39, 0.29) is 18.5 Å². The molecule has 0 aromatic carbocycles. The van der Waals surface area contributed by atoms with Crippen molar-refractivity contribution in [2.75, 3.05) is 13.2 Å². The molecule has 0 aromatic heterocycles. The number of amides is 1. The molecule has 1 aliphatic heterocycles. The quantitative estimate of drug-likeness (QED) is 0.525. The lowest BCUT2D eigenvalue weighted by molar-refractivity contribution is -0.146. The normalized spacial score (nSPS) is 14.9. The highest BCUT2D eigenvalue weighted by Gasteiger charge is 2.06. The Hall–Kier alpha value is -1.10. The van der Waals surface area contributed by atoms with E-state index in [1.807, 2.05) is 0 Å². The molecule has 1 heterocycles. The van der Waals surface area contributed by atoms with E-state index in [9.17, 15) is 9.59 Å². The fourth-order valence-electron chi connectivity index (χ4n) is 1.04. The van der Waals surface area contributed by atoms with Crippen molar-refractivity contribution < 1.29 is 19.4 Å². The van der Waals surface area contributed by atoms with Gasteiger partial charge in [0.1, 0.15) is 0 Å². The molecule has 0 radical (unpaired) electrons. The summed E-state index contributed by atoms with van der Waals surface area (Å²) in [4.78, 5) is 20.3. The average molecular weight is 217 g/mol. The smallest absolute Gasteiger partial charge is 0.305 e.